The summed E-state index contributed by atoms with van der Waals surface area (Å²) in [5.41, 5.74) is 1.51. The van der Waals surface area contributed by atoms with E-state index in [1.807, 2.05) is 31.2 Å². The SMILES string of the molecule is Cc1nnc(C(C)C)n1C1C[C@H]2CC[C@@H](C1)N2CC[C@H](NC(=O)C1CCC(F)(F)CC1)c1cccc(NC(=O)COCC(=O)NCCCCCCCNC(=O)COCC(=O)N[C@@H]2CC[C@@]3(O)[C@H]4Cc5ccc(O)c6c5[C@@]3(CCN4CC3CC3)[C@H]2O6)c1. The number of piperidine rings is 2. The maximum Gasteiger partial charge on any atom is 0.250 e. The van der Waals surface area contributed by atoms with E-state index < -0.39 is 47.0 Å². The molecule has 22 heteroatoms. The van der Waals surface area contributed by atoms with Gasteiger partial charge in [0.1, 0.15) is 44.2 Å². The van der Waals surface area contributed by atoms with E-state index in [0.29, 0.717) is 80.7 Å². The topological polar surface area (TPSA) is 251 Å². The first-order chi connectivity index (χ1) is 41.4. The standard InChI is InChI=1S/C64H90F2N10O10/c1-39(2)60-73-72-40(3)76(60)48-32-46-15-16-47(33-48)75(46)28-21-49(71-61(82)42-18-22-62(65,66)23-19-42)43-10-9-11-45(30-43)69-55(80)37-84-35-53(78)67-26-7-5-4-6-8-27-68-54(79)36-85-38-56(81)70-50-20-24-64(83)52-31-44-14-17-51(77)58-57(44)63(64,59(50)86-58)25-29-74(52)34-41-12-13-41/h9-11,14,17,30,39,41-42,46-50,52,59,77,83H,4-8,12-13,15-16,18-29,31-38H2,1-3H3,(H,67,78)(H,68,79)(H,69,80)(H,70,81)(H,71,82)/t46-,47+,48?,49-,50+,52+,59-,63-,64+/m0/s1. The largest absolute Gasteiger partial charge is 0.504 e. The molecule has 11 rings (SSSR count). The average molecular weight is 1200 g/mol. The lowest BCUT2D eigenvalue weighted by Crippen LogP contribution is -2.78. The third-order valence-corrected chi connectivity index (χ3v) is 20.3. The molecule has 0 radical (unpaired) electrons. The quantitative estimate of drug-likeness (QED) is 0.0381. The maximum absolute atomic E-state index is 14.1. The number of anilines is 1. The molecule has 1 unspecified atom stereocenters. The van der Waals surface area contributed by atoms with Gasteiger partial charge in [0.25, 0.3) is 0 Å². The van der Waals surface area contributed by atoms with Gasteiger partial charge in [-0.1, -0.05) is 51.3 Å². The number of rotatable bonds is 28. The van der Waals surface area contributed by atoms with Crippen LogP contribution in [0.4, 0.5) is 14.5 Å². The Bertz CT molecular complexity index is 2920. The Balaban J connectivity index is 0.549. The molecule has 470 valence electrons. The average Bonchev–Trinajstić information content (AvgIpc) is 1.38. The van der Waals surface area contributed by atoms with Gasteiger partial charge in [0, 0.05) is 86.3 Å². The predicted octanol–water partition coefficient (Wildman–Crippen LogP) is 6.56. The van der Waals surface area contributed by atoms with E-state index in [1.165, 1.54) is 12.8 Å². The van der Waals surface area contributed by atoms with E-state index in [9.17, 15) is 43.0 Å². The second-order valence-corrected chi connectivity index (χ2v) is 26.5. The minimum Gasteiger partial charge on any atom is -0.504 e. The number of nitrogens with zero attached hydrogens (tertiary/aromatic N) is 5. The lowest BCUT2D eigenvalue weighted by Gasteiger charge is -2.64. The fourth-order valence-electron chi connectivity index (χ4n) is 16.0. The molecule has 5 heterocycles. The molecule has 7 N–H and O–H groups in total. The van der Waals surface area contributed by atoms with Crippen molar-refractivity contribution in [3.05, 3.63) is 64.7 Å². The zero-order valence-electron chi connectivity index (χ0n) is 50.4. The summed E-state index contributed by atoms with van der Waals surface area (Å²) in [6.45, 7) is 8.57. The van der Waals surface area contributed by atoms with Crippen LogP contribution in [0.15, 0.2) is 36.4 Å². The van der Waals surface area contributed by atoms with E-state index in [-0.39, 0.29) is 93.4 Å². The Morgan fingerprint density at radius 2 is 1.47 bits per heavy atom. The number of amides is 5. The van der Waals surface area contributed by atoms with Gasteiger partial charge in [0.2, 0.25) is 35.5 Å². The molecule has 3 saturated heterocycles. The molecule has 3 saturated carbocycles. The van der Waals surface area contributed by atoms with Crippen molar-refractivity contribution in [1.29, 1.82) is 0 Å². The van der Waals surface area contributed by atoms with Gasteiger partial charge in [-0.2, -0.15) is 0 Å². The van der Waals surface area contributed by atoms with Crippen molar-refractivity contribution >= 4 is 35.2 Å². The molecule has 5 amide bonds. The summed E-state index contributed by atoms with van der Waals surface area (Å²) in [4.78, 5) is 70.2. The van der Waals surface area contributed by atoms with Gasteiger partial charge < -0.3 is 55.6 Å². The molecule has 1 aromatic heterocycles. The zero-order chi connectivity index (χ0) is 60.3. The van der Waals surface area contributed by atoms with Crippen LogP contribution >= 0.6 is 0 Å². The third-order valence-electron chi connectivity index (χ3n) is 20.3. The Labute approximate surface area is 503 Å². The first kappa shape index (κ1) is 61.8. The molecule has 2 aromatic carbocycles. The van der Waals surface area contributed by atoms with Crippen molar-refractivity contribution in [1.82, 2.24) is 45.8 Å². The lowest BCUT2D eigenvalue weighted by molar-refractivity contribution is -0.192. The molecule has 8 aliphatic rings. The molecule has 86 heavy (non-hydrogen) atoms. The number of aryl methyl sites for hydroxylation is 1. The molecule has 20 nitrogen and oxygen atoms in total. The van der Waals surface area contributed by atoms with Gasteiger partial charge in [-0.3, -0.25) is 33.8 Å². The van der Waals surface area contributed by atoms with Crippen molar-refractivity contribution < 1.29 is 57.2 Å². The molecule has 1 spiro atoms. The number of phenolic OH excluding ortho intramolecular Hbond substituents is 1. The highest BCUT2D eigenvalue weighted by Gasteiger charge is 2.73. The predicted molar refractivity (Wildman–Crippen MR) is 316 cm³/mol. The maximum atomic E-state index is 14.1. The highest BCUT2D eigenvalue weighted by Crippen LogP contribution is 2.65. The number of hydrogen-bond acceptors (Lipinski definition) is 14. The number of hydrogen-bond donors (Lipinski definition) is 7. The smallest absolute Gasteiger partial charge is 0.250 e. The third kappa shape index (κ3) is 13.4. The van der Waals surface area contributed by atoms with Crippen LogP contribution in [-0.4, -0.2) is 165 Å². The summed E-state index contributed by atoms with van der Waals surface area (Å²) in [5.74, 6) is -1.54. The number of fused-ring (bicyclic) bond motifs is 2. The number of alkyl halides is 2. The summed E-state index contributed by atoms with van der Waals surface area (Å²) in [6.07, 6.45) is 12.9. The number of aromatic nitrogens is 3. The van der Waals surface area contributed by atoms with Crippen LogP contribution in [0.1, 0.15) is 182 Å². The zero-order valence-corrected chi connectivity index (χ0v) is 50.4. The Morgan fingerprint density at radius 3 is 2.15 bits per heavy atom. The van der Waals surface area contributed by atoms with E-state index in [1.54, 1.807) is 12.1 Å². The second-order valence-electron chi connectivity index (χ2n) is 26.5. The number of aliphatic hydroxyl groups is 1. The van der Waals surface area contributed by atoms with Crippen molar-refractivity contribution in [2.75, 3.05) is 64.5 Å². The number of phenols is 1. The van der Waals surface area contributed by atoms with Gasteiger partial charge >= 0.3 is 0 Å². The van der Waals surface area contributed by atoms with E-state index in [2.05, 4.69) is 65.0 Å². The van der Waals surface area contributed by atoms with Gasteiger partial charge in [-0.15, -0.1) is 10.2 Å². The molecular weight excluding hydrogens is 1110 g/mol. The number of carbonyl (C=O) groups excluding carboxylic acids is 5. The van der Waals surface area contributed by atoms with Gasteiger partial charge in [-0.05, 0) is 145 Å². The minimum absolute atomic E-state index is 0.0515. The molecular formula is C64H90F2N10O10. The number of aromatic hydroxyl groups is 1. The fourth-order valence-corrected chi connectivity index (χ4v) is 16.0. The van der Waals surface area contributed by atoms with E-state index in [0.717, 1.165) is 106 Å². The van der Waals surface area contributed by atoms with Gasteiger partial charge in [0.05, 0.1) is 23.1 Å². The summed E-state index contributed by atoms with van der Waals surface area (Å²) >= 11 is 0. The summed E-state index contributed by atoms with van der Waals surface area (Å²) in [6, 6.07) is 11.2. The molecule has 4 aliphatic carbocycles. The van der Waals surface area contributed by atoms with Crippen LogP contribution in [-0.2, 0) is 45.3 Å². The monoisotopic (exact) mass is 1200 g/mol. The lowest BCUT2D eigenvalue weighted by atomic mass is 9.48. The van der Waals surface area contributed by atoms with Crippen molar-refractivity contribution in [2.45, 2.75) is 214 Å². The van der Waals surface area contributed by atoms with Crippen molar-refractivity contribution in [2.24, 2.45) is 11.8 Å². The van der Waals surface area contributed by atoms with Crippen LogP contribution < -0.4 is 31.3 Å². The summed E-state index contributed by atoms with van der Waals surface area (Å²) in [5, 5.41) is 47.4. The molecule has 4 aliphatic heterocycles. The van der Waals surface area contributed by atoms with Crippen LogP contribution in [0.25, 0.3) is 0 Å². The molecule has 4 bridgehead atoms. The van der Waals surface area contributed by atoms with Crippen molar-refractivity contribution in [3.63, 3.8) is 0 Å². The highest BCUT2D eigenvalue weighted by molar-refractivity contribution is 5.92. The molecule has 9 atom stereocenters. The Hall–Kier alpha value is -5.81. The summed E-state index contributed by atoms with van der Waals surface area (Å²) in [7, 11) is 0. The molecule has 3 aromatic rings. The van der Waals surface area contributed by atoms with Crippen LogP contribution in [0.5, 0.6) is 11.5 Å². The van der Waals surface area contributed by atoms with Crippen LogP contribution in [0.3, 0.4) is 0 Å². The fraction of sp³-hybridized carbons (Fsp3) is 0.703. The number of likely N-dealkylation sites (tertiary alicyclic amines) is 1. The number of halogens is 2. The number of benzene rings is 2. The number of unbranched alkanes of at least 4 members (excludes halogenated alkanes) is 4. The van der Waals surface area contributed by atoms with Gasteiger partial charge in [-0.25, -0.2) is 8.78 Å². The van der Waals surface area contributed by atoms with E-state index in [4.69, 9.17) is 14.2 Å². The van der Waals surface area contributed by atoms with Crippen LogP contribution in [0.2, 0.25) is 0 Å². The van der Waals surface area contributed by atoms with Crippen molar-refractivity contribution in [3.8, 4) is 11.5 Å². The highest BCUT2D eigenvalue weighted by atomic mass is 19.3. The number of ether oxygens (including phenoxy) is 3. The Kier molecular flexibility index (Phi) is 19.0. The van der Waals surface area contributed by atoms with E-state index >= 15 is 0 Å². The van der Waals surface area contributed by atoms with Crippen LogP contribution in [0, 0.1) is 18.8 Å². The Morgan fingerprint density at radius 1 is 0.791 bits per heavy atom. The van der Waals surface area contributed by atoms with Gasteiger partial charge in [0.15, 0.2) is 11.5 Å². The number of nitrogens with one attached hydrogen (secondary N) is 5. The second kappa shape index (κ2) is 26.5. The number of carbonyl (C=O) groups is 5. The minimum atomic E-state index is -2.75. The first-order valence-corrected chi connectivity index (χ1v) is 32.1. The summed E-state index contributed by atoms with van der Waals surface area (Å²) < 4.78 is 48.1. The normalized spacial score (nSPS) is 27.7. The first-order valence-electron chi connectivity index (χ1n) is 32.1. The molecule has 6 fully saturated rings.